The number of carbonyl (C=O) groups excluding carboxylic acids is 2. The maximum Gasteiger partial charge on any atom is 0.416 e. The molecule has 1 heterocycles. The van der Waals surface area contributed by atoms with Crippen LogP contribution < -0.4 is 10.6 Å². The zero-order valence-electron chi connectivity index (χ0n) is 15.4. The molecule has 154 valence electrons. The maximum atomic E-state index is 12.9. The Balaban J connectivity index is 1.74. The Hall–Kier alpha value is -3.46. The van der Waals surface area contributed by atoms with E-state index in [9.17, 15) is 22.8 Å². The number of carbonyl (C=O) groups is 2. The van der Waals surface area contributed by atoms with E-state index in [0.717, 1.165) is 12.1 Å². The van der Waals surface area contributed by atoms with Crippen LogP contribution in [0.15, 0.2) is 54.7 Å². The van der Waals surface area contributed by atoms with Crippen LogP contribution in [0, 0.1) is 6.92 Å². The number of benzene rings is 2. The number of nitrogens with zero attached hydrogens (tertiary/aromatic N) is 2. The van der Waals surface area contributed by atoms with E-state index in [0.29, 0.717) is 5.69 Å². The lowest BCUT2D eigenvalue weighted by atomic mass is 10.1. The molecule has 3 rings (SSSR count). The molecule has 3 aromatic rings. The summed E-state index contributed by atoms with van der Waals surface area (Å²) in [6, 6.07) is 10.0. The van der Waals surface area contributed by atoms with E-state index in [1.807, 2.05) is 0 Å². The van der Waals surface area contributed by atoms with Gasteiger partial charge in [0.15, 0.2) is 5.82 Å². The lowest BCUT2D eigenvalue weighted by Crippen LogP contribution is -2.34. The van der Waals surface area contributed by atoms with Crippen molar-refractivity contribution in [3.05, 3.63) is 76.6 Å². The molecule has 0 aliphatic carbocycles. The lowest BCUT2D eigenvalue weighted by Gasteiger charge is -2.11. The van der Waals surface area contributed by atoms with Gasteiger partial charge in [-0.2, -0.15) is 13.2 Å². The molecule has 0 atom stereocenters. The molecular weight excluding hydrogens is 421 g/mol. The molecule has 2 N–H and O–H groups in total. The third-order valence-electron chi connectivity index (χ3n) is 4.00. The molecule has 0 aliphatic heterocycles. The van der Waals surface area contributed by atoms with Gasteiger partial charge in [0.1, 0.15) is 0 Å². The molecule has 0 saturated heterocycles. The Morgan fingerprint density at radius 2 is 1.80 bits per heavy atom. The van der Waals surface area contributed by atoms with Gasteiger partial charge in [0.05, 0.1) is 33.7 Å². The third kappa shape index (κ3) is 4.93. The van der Waals surface area contributed by atoms with Crippen molar-refractivity contribution < 1.29 is 22.8 Å². The Kier molecular flexibility index (Phi) is 6.02. The predicted octanol–water partition coefficient (Wildman–Crippen LogP) is 5.09. The molecule has 0 unspecified atom stereocenters. The van der Waals surface area contributed by atoms with Gasteiger partial charge in [-0.25, -0.2) is 9.78 Å². The summed E-state index contributed by atoms with van der Waals surface area (Å²) >= 11 is 5.91. The number of anilines is 1. The van der Waals surface area contributed by atoms with Crippen molar-refractivity contribution in [2.45, 2.75) is 13.1 Å². The van der Waals surface area contributed by atoms with Gasteiger partial charge < -0.3 is 0 Å². The molecule has 0 fully saturated rings. The van der Waals surface area contributed by atoms with Crippen LogP contribution in [0.1, 0.15) is 21.6 Å². The van der Waals surface area contributed by atoms with Crippen LogP contribution in [-0.4, -0.2) is 21.9 Å². The van der Waals surface area contributed by atoms with Crippen LogP contribution >= 0.6 is 11.6 Å². The van der Waals surface area contributed by atoms with Crippen LogP contribution in [-0.2, 0) is 6.18 Å². The minimum atomic E-state index is -4.48. The van der Waals surface area contributed by atoms with Gasteiger partial charge in [0.2, 0.25) is 0 Å². The monoisotopic (exact) mass is 434 g/mol. The van der Waals surface area contributed by atoms with Crippen LogP contribution in [0.4, 0.5) is 23.8 Å². The van der Waals surface area contributed by atoms with Crippen LogP contribution in [0.2, 0.25) is 5.02 Å². The van der Waals surface area contributed by atoms with Gasteiger partial charge in [-0.15, -0.1) is 0 Å². The highest BCUT2D eigenvalue weighted by molar-refractivity contribution is 6.34. The zero-order chi connectivity index (χ0) is 21.9. The standard InChI is InChI=1S/C20H14ClF3N4O2/c1-11-17(12-5-4-6-13(9-12)20(22,23)24)25-10-16(26-11)27-19(30)28-18(29)14-7-2-3-8-15(14)21/h2-10H,1H3,(H2,26,27,28,29,30). The van der Waals surface area contributed by atoms with E-state index in [1.165, 1.54) is 30.5 Å². The number of imide groups is 1. The highest BCUT2D eigenvalue weighted by Gasteiger charge is 2.30. The number of aryl methyl sites for hydroxylation is 1. The molecule has 3 amide bonds. The quantitative estimate of drug-likeness (QED) is 0.601. The Morgan fingerprint density at radius 1 is 1.07 bits per heavy atom. The van der Waals surface area contributed by atoms with E-state index in [1.54, 1.807) is 19.1 Å². The first kappa shape index (κ1) is 21.3. The second-order valence-corrected chi connectivity index (χ2v) is 6.56. The van der Waals surface area contributed by atoms with Crippen molar-refractivity contribution in [2.75, 3.05) is 5.32 Å². The number of hydrogen-bond donors (Lipinski definition) is 2. The molecule has 0 bridgehead atoms. The van der Waals surface area contributed by atoms with Gasteiger partial charge in [0.25, 0.3) is 5.91 Å². The number of nitrogens with one attached hydrogen (secondary N) is 2. The van der Waals surface area contributed by atoms with Gasteiger partial charge in [-0.1, -0.05) is 35.9 Å². The normalized spacial score (nSPS) is 11.1. The van der Waals surface area contributed by atoms with E-state index in [-0.39, 0.29) is 27.7 Å². The van der Waals surface area contributed by atoms with E-state index < -0.39 is 23.7 Å². The van der Waals surface area contributed by atoms with Crippen molar-refractivity contribution in [2.24, 2.45) is 0 Å². The Bertz CT molecular complexity index is 1120. The number of urea groups is 1. The minimum Gasteiger partial charge on any atom is -0.291 e. The number of hydrogen-bond acceptors (Lipinski definition) is 4. The van der Waals surface area contributed by atoms with Crippen molar-refractivity contribution in [3.63, 3.8) is 0 Å². The smallest absolute Gasteiger partial charge is 0.291 e. The fourth-order valence-electron chi connectivity index (χ4n) is 2.63. The largest absolute Gasteiger partial charge is 0.416 e. The predicted molar refractivity (Wildman–Crippen MR) is 105 cm³/mol. The number of halogens is 4. The molecule has 0 radical (unpaired) electrons. The average molecular weight is 435 g/mol. The molecule has 0 aliphatic rings. The van der Waals surface area contributed by atoms with Crippen LogP contribution in [0.5, 0.6) is 0 Å². The summed E-state index contributed by atoms with van der Waals surface area (Å²) < 4.78 is 38.8. The maximum absolute atomic E-state index is 12.9. The Labute approximate surface area is 174 Å². The van der Waals surface area contributed by atoms with Gasteiger partial charge in [-0.05, 0) is 31.2 Å². The van der Waals surface area contributed by atoms with Crippen molar-refractivity contribution in [3.8, 4) is 11.3 Å². The molecule has 10 heteroatoms. The minimum absolute atomic E-state index is 0.0210. The first-order chi connectivity index (χ1) is 14.1. The summed E-state index contributed by atoms with van der Waals surface area (Å²) in [6.45, 7) is 1.54. The summed E-state index contributed by atoms with van der Waals surface area (Å²) in [7, 11) is 0. The highest BCUT2D eigenvalue weighted by Crippen LogP contribution is 2.32. The van der Waals surface area contributed by atoms with Crippen LogP contribution in [0.25, 0.3) is 11.3 Å². The molecule has 30 heavy (non-hydrogen) atoms. The highest BCUT2D eigenvalue weighted by atomic mass is 35.5. The van der Waals surface area contributed by atoms with Crippen molar-refractivity contribution in [1.29, 1.82) is 0 Å². The third-order valence-corrected chi connectivity index (χ3v) is 4.33. The average Bonchev–Trinajstić information content (AvgIpc) is 2.67. The number of amides is 3. The zero-order valence-corrected chi connectivity index (χ0v) is 16.2. The summed E-state index contributed by atoms with van der Waals surface area (Å²) in [5, 5.41) is 4.64. The molecule has 0 spiro atoms. The van der Waals surface area contributed by atoms with Gasteiger partial charge >= 0.3 is 12.2 Å². The topological polar surface area (TPSA) is 84.0 Å². The Morgan fingerprint density at radius 3 is 2.47 bits per heavy atom. The first-order valence-electron chi connectivity index (χ1n) is 8.53. The molecule has 1 aromatic heterocycles. The first-order valence-corrected chi connectivity index (χ1v) is 8.91. The summed E-state index contributed by atoms with van der Waals surface area (Å²) in [5.74, 6) is -0.684. The molecular formula is C20H14ClF3N4O2. The van der Waals surface area contributed by atoms with Gasteiger partial charge in [-0.3, -0.25) is 20.4 Å². The van der Waals surface area contributed by atoms with E-state index in [2.05, 4.69) is 20.6 Å². The number of aromatic nitrogens is 2. The SMILES string of the molecule is Cc1nc(NC(=O)NC(=O)c2ccccc2Cl)cnc1-c1cccc(C(F)(F)F)c1. The number of rotatable bonds is 3. The molecule has 2 aromatic carbocycles. The fraction of sp³-hybridized carbons (Fsp3) is 0.100. The summed E-state index contributed by atoms with van der Waals surface area (Å²) in [4.78, 5) is 32.4. The summed E-state index contributed by atoms with van der Waals surface area (Å²) in [5.41, 5.74) is 0.0841. The number of alkyl halides is 3. The molecule has 0 saturated carbocycles. The lowest BCUT2D eigenvalue weighted by molar-refractivity contribution is -0.137. The van der Waals surface area contributed by atoms with E-state index in [4.69, 9.17) is 11.6 Å². The second-order valence-electron chi connectivity index (χ2n) is 6.16. The second kappa shape index (κ2) is 8.50. The van der Waals surface area contributed by atoms with Crippen LogP contribution in [0.3, 0.4) is 0 Å². The molecule has 6 nitrogen and oxygen atoms in total. The van der Waals surface area contributed by atoms with Crippen molar-refractivity contribution >= 4 is 29.4 Å². The fourth-order valence-corrected chi connectivity index (χ4v) is 2.85. The van der Waals surface area contributed by atoms with Crippen molar-refractivity contribution in [1.82, 2.24) is 15.3 Å². The van der Waals surface area contributed by atoms with E-state index >= 15 is 0 Å². The summed E-state index contributed by atoms with van der Waals surface area (Å²) in [6.07, 6.45) is -3.30. The van der Waals surface area contributed by atoms with Gasteiger partial charge in [0, 0.05) is 5.56 Å².